The van der Waals surface area contributed by atoms with E-state index < -0.39 is 0 Å². The van der Waals surface area contributed by atoms with E-state index in [-0.39, 0.29) is 0 Å². The van der Waals surface area contributed by atoms with Crippen LogP contribution in [0.1, 0.15) is 5.69 Å². The number of aromatic nitrogens is 1. The minimum atomic E-state index is 0.633. The van der Waals surface area contributed by atoms with Crippen LogP contribution in [0.2, 0.25) is 0 Å². The molecular weight excluding hydrogens is 158 g/mol. The second-order valence-electron chi connectivity index (χ2n) is 2.35. The molecule has 1 aromatic rings. The van der Waals surface area contributed by atoms with E-state index in [2.05, 4.69) is 9.68 Å². The normalized spacial score (nSPS) is 10.4. The Labute approximate surface area is 71.4 Å². The molecule has 0 radical (unpaired) electrons. The summed E-state index contributed by atoms with van der Waals surface area (Å²) in [5.41, 5.74) is 0.924. The van der Waals surface area contributed by atoms with E-state index >= 15 is 0 Å². The summed E-state index contributed by atoms with van der Waals surface area (Å²) in [7, 11) is 1.65. The second kappa shape index (κ2) is 5.74. The Balaban J connectivity index is 1.96. The summed E-state index contributed by atoms with van der Waals surface area (Å²) in [6, 6.07) is 1.83. The number of nitrogens with zero attached hydrogens (tertiary/aromatic N) is 1. The number of rotatable bonds is 6. The molecule has 0 N–H and O–H groups in total. The van der Waals surface area contributed by atoms with E-state index in [0.717, 1.165) is 12.1 Å². The van der Waals surface area contributed by atoms with E-state index in [0.29, 0.717) is 19.8 Å². The van der Waals surface area contributed by atoms with Gasteiger partial charge in [0.25, 0.3) is 0 Å². The first-order chi connectivity index (χ1) is 5.93. The zero-order valence-electron chi connectivity index (χ0n) is 7.16. The summed E-state index contributed by atoms with van der Waals surface area (Å²) in [6.07, 6.45) is 2.35. The molecule has 68 valence electrons. The van der Waals surface area contributed by atoms with Crippen LogP contribution in [0.15, 0.2) is 16.9 Å². The molecule has 0 aliphatic rings. The highest BCUT2D eigenvalue weighted by molar-refractivity contribution is 4.94. The summed E-state index contributed by atoms with van der Waals surface area (Å²) in [4.78, 5) is 0. The molecule has 0 fully saturated rings. The van der Waals surface area contributed by atoms with Crippen LogP contribution in [0.5, 0.6) is 0 Å². The second-order valence-corrected chi connectivity index (χ2v) is 2.35. The zero-order valence-corrected chi connectivity index (χ0v) is 7.16. The van der Waals surface area contributed by atoms with Gasteiger partial charge in [-0.3, -0.25) is 0 Å². The summed E-state index contributed by atoms with van der Waals surface area (Å²) < 4.78 is 14.7. The minimum Gasteiger partial charge on any atom is -0.382 e. The molecule has 0 spiro atoms. The number of ether oxygens (including phenoxy) is 2. The molecule has 0 aromatic carbocycles. The van der Waals surface area contributed by atoms with Gasteiger partial charge in [0, 0.05) is 19.6 Å². The summed E-state index contributed by atoms with van der Waals surface area (Å²) in [5, 5.41) is 3.75. The maximum absolute atomic E-state index is 5.24. The first-order valence-corrected chi connectivity index (χ1v) is 3.89. The Morgan fingerprint density at radius 2 is 2.33 bits per heavy atom. The largest absolute Gasteiger partial charge is 0.382 e. The van der Waals surface area contributed by atoms with Gasteiger partial charge in [0.2, 0.25) is 0 Å². The average molecular weight is 171 g/mol. The molecule has 1 heterocycles. The van der Waals surface area contributed by atoms with Crippen molar-refractivity contribution in [1.82, 2.24) is 5.16 Å². The van der Waals surface area contributed by atoms with Crippen LogP contribution in [0.25, 0.3) is 0 Å². The molecule has 4 nitrogen and oxygen atoms in total. The van der Waals surface area contributed by atoms with Crippen molar-refractivity contribution in [2.45, 2.75) is 6.42 Å². The highest BCUT2D eigenvalue weighted by atomic mass is 16.5. The quantitative estimate of drug-likeness (QED) is 0.596. The van der Waals surface area contributed by atoms with E-state index in [4.69, 9.17) is 9.47 Å². The van der Waals surface area contributed by atoms with Crippen molar-refractivity contribution in [3.8, 4) is 0 Å². The summed E-state index contributed by atoms with van der Waals surface area (Å²) >= 11 is 0. The lowest BCUT2D eigenvalue weighted by molar-refractivity contribution is 0.0717. The Bertz CT molecular complexity index is 186. The third kappa shape index (κ3) is 3.50. The van der Waals surface area contributed by atoms with Gasteiger partial charge >= 0.3 is 0 Å². The lowest BCUT2D eigenvalue weighted by atomic mass is 10.3. The first-order valence-electron chi connectivity index (χ1n) is 3.89. The van der Waals surface area contributed by atoms with Crippen molar-refractivity contribution in [2.75, 3.05) is 26.9 Å². The van der Waals surface area contributed by atoms with Gasteiger partial charge in [0.05, 0.1) is 25.5 Å². The van der Waals surface area contributed by atoms with Crippen molar-refractivity contribution in [2.24, 2.45) is 0 Å². The standard InChI is InChI=1S/C8H13NO3/c1-10-6-7-11-4-2-8-3-5-12-9-8/h3,5H,2,4,6-7H2,1H3. The van der Waals surface area contributed by atoms with Crippen molar-refractivity contribution < 1.29 is 14.0 Å². The van der Waals surface area contributed by atoms with Gasteiger partial charge in [0.1, 0.15) is 6.26 Å². The van der Waals surface area contributed by atoms with Crippen LogP contribution in [-0.2, 0) is 15.9 Å². The van der Waals surface area contributed by atoms with Crippen LogP contribution in [0.3, 0.4) is 0 Å². The molecule has 0 atom stereocenters. The molecule has 1 rings (SSSR count). The van der Waals surface area contributed by atoms with Crippen LogP contribution in [0.4, 0.5) is 0 Å². The molecule has 0 saturated carbocycles. The van der Waals surface area contributed by atoms with Gasteiger partial charge in [-0.1, -0.05) is 5.16 Å². The topological polar surface area (TPSA) is 44.5 Å². The van der Waals surface area contributed by atoms with Crippen LogP contribution in [0, 0.1) is 0 Å². The van der Waals surface area contributed by atoms with Gasteiger partial charge in [-0.15, -0.1) is 0 Å². The molecular formula is C8H13NO3. The van der Waals surface area contributed by atoms with Crippen LogP contribution < -0.4 is 0 Å². The first kappa shape index (κ1) is 9.22. The SMILES string of the molecule is COCCOCCc1ccon1. The molecule has 12 heavy (non-hydrogen) atoms. The third-order valence-corrected chi connectivity index (χ3v) is 1.43. The Hall–Kier alpha value is -0.870. The number of hydrogen-bond acceptors (Lipinski definition) is 4. The molecule has 0 aliphatic carbocycles. The Morgan fingerprint density at radius 3 is 3.00 bits per heavy atom. The van der Waals surface area contributed by atoms with Crippen LogP contribution in [-0.4, -0.2) is 32.1 Å². The fourth-order valence-corrected chi connectivity index (χ4v) is 0.788. The van der Waals surface area contributed by atoms with Gasteiger partial charge in [-0.05, 0) is 0 Å². The van der Waals surface area contributed by atoms with Crippen molar-refractivity contribution in [1.29, 1.82) is 0 Å². The molecule has 4 heteroatoms. The average Bonchev–Trinajstić information content (AvgIpc) is 2.57. The van der Waals surface area contributed by atoms with Crippen LogP contribution >= 0.6 is 0 Å². The highest BCUT2D eigenvalue weighted by Gasteiger charge is 1.95. The fraction of sp³-hybridized carbons (Fsp3) is 0.625. The van der Waals surface area contributed by atoms with Crippen molar-refractivity contribution in [3.05, 3.63) is 18.0 Å². The summed E-state index contributed by atoms with van der Waals surface area (Å²) in [6.45, 7) is 1.93. The lowest BCUT2D eigenvalue weighted by Crippen LogP contribution is -2.04. The molecule has 0 aliphatic heterocycles. The van der Waals surface area contributed by atoms with E-state index in [9.17, 15) is 0 Å². The maximum atomic E-state index is 5.24. The fourth-order valence-electron chi connectivity index (χ4n) is 0.788. The molecule has 1 aromatic heterocycles. The van der Waals surface area contributed by atoms with Gasteiger partial charge in [-0.25, -0.2) is 0 Å². The van der Waals surface area contributed by atoms with E-state index in [1.54, 1.807) is 13.4 Å². The van der Waals surface area contributed by atoms with Crippen molar-refractivity contribution in [3.63, 3.8) is 0 Å². The maximum Gasteiger partial charge on any atom is 0.124 e. The molecule has 0 amide bonds. The Kier molecular flexibility index (Phi) is 4.41. The minimum absolute atomic E-state index is 0.633. The predicted molar refractivity (Wildman–Crippen MR) is 42.9 cm³/mol. The number of hydrogen-bond donors (Lipinski definition) is 0. The van der Waals surface area contributed by atoms with Gasteiger partial charge < -0.3 is 14.0 Å². The van der Waals surface area contributed by atoms with Gasteiger partial charge in [0.15, 0.2) is 0 Å². The monoisotopic (exact) mass is 171 g/mol. The van der Waals surface area contributed by atoms with E-state index in [1.807, 2.05) is 6.07 Å². The Morgan fingerprint density at radius 1 is 1.42 bits per heavy atom. The molecule has 0 saturated heterocycles. The third-order valence-electron chi connectivity index (χ3n) is 1.43. The zero-order chi connectivity index (χ0) is 8.65. The number of methoxy groups -OCH3 is 1. The lowest BCUT2D eigenvalue weighted by Gasteiger charge is -2.00. The predicted octanol–water partition coefficient (Wildman–Crippen LogP) is 0.880. The molecule has 0 unspecified atom stereocenters. The summed E-state index contributed by atoms with van der Waals surface area (Å²) in [5.74, 6) is 0. The highest BCUT2D eigenvalue weighted by Crippen LogP contribution is 1.95. The smallest absolute Gasteiger partial charge is 0.124 e. The van der Waals surface area contributed by atoms with Crippen molar-refractivity contribution >= 4 is 0 Å². The van der Waals surface area contributed by atoms with Gasteiger partial charge in [-0.2, -0.15) is 0 Å². The van der Waals surface area contributed by atoms with E-state index in [1.165, 1.54) is 0 Å². The molecule has 0 bridgehead atoms.